The molecule has 212 valence electrons. The average molecular weight is 573 g/mol. The number of carbonyl (C=O) groups excluding carboxylic acids is 1. The maximum atomic E-state index is 14.3. The molecule has 0 spiro atoms. The molecule has 0 radical (unpaired) electrons. The first-order valence-electron chi connectivity index (χ1n) is 13.4. The quantitative estimate of drug-likeness (QED) is 0.269. The molecule has 1 aliphatic heterocycles. The molecule has 0 amide bonds. The van der Waals surface area contributed by atoms with Crippen LogP contribution in [0.4, 0.5) is 0 Å². The Labute approximate surface area is 241 Å². The van der Waals surface area contributed by atoms with E-state index in [0.29, 0.717) is 55.4 Å². The van der Waals surface area contributed by atoms with E-state index in [-0.39, 0.29) is 12.2 Å². The summed E-state index contributed by atoms with van der Waals surface area (Å²) in [6, 6.07) is 16.3. The summed E-state index contributed by atoms with van der Waals surface area (Å²) in [5.74, 6) is 1.31. The number of rotatable bonds is 9. The standard InChI is InChI=1S/C32H32N2O6S/c1-6-10-23-28(31(36)40-7-2)29(27-22-12-9-8-11-19(22)13-15-25(27)39-5)34-30(35)26(41-32(34)33-23)18-20-17-21(37-3)14-16-24(20)38-4/h8-9,11-18,29H,6-7,10H2,1-5H3/t29-/m0/s1. The topological polar surface area (TPSA) is 88.4 Å². The van der Waals surface area contributed by atoms with Crippen molar-refractivity contribution in [2.24, 2.45) is 4.99 Å². The number of hydrogen-bond donors (Lipinski definition) is 0. The summed E-state index contributed by atoms with van der Waals surface area (Å²) >= 11 is 1.27. The fourth-order valence-electron chi connectivity index (χ4n) is 5.22. The van der Waals surface area contributed by atoms with Gasteiger partial charge in [0.1, 0.15) is 23.3 Å². The number of benzene rings is 3. The van der Waals surface area contributed by atoms with Crippen LogP contribution >= 0.6 is 11.3 Å². The second-order valence-corrected chi connectivity index (χ2v) is 10.4. The van der Waals surface area contributed by atoms with Gasteiger partial charge in [0.15, 0.2) is 4.80 Å². The maximum Gasteiger partial charge on any atom is 0.338 e. The lowest BCUT2D eigenvalue weighted by molar-refractivity contribution is -0.139. The van der Waals surface area contributed by atoms with Crippen molar-refractivity contribution in [3.8, 4) is 17.2 Å². The lowest BCUT2D eigenvalue weighted by Gasteiger charge is -2.28. The van der Waals surface area contributed by atoms with Gasteiger partial charge < -0.3 is 18.9 Å². The Morgan fingerprint density at radius 3 is 2.46 bits per heavy atom. The Hall–Kier alpha value is -4.37. The van der Waals surface area contributed by atoms with E-state index in [1.165, 1.54) is 11.3 Å². The SMILES string of the molecule is CCCC1=C(C(=O)OCC)[C@H](c2c(OC)ccc3ccccc23)n2c(sc(=Cc3cc(OC)ccc3OC)c2=O)=N1. The number of methoxy groups -OCH3 is 3. The van der Waals surface area contributed by atoms with Crippen molar-refractivity contribution >= 4 is 34.2 Å². The molecule has 1 aromatic heterocycles. The molecule has 1 atom stereocenters. The first-order chi connectivity index (χ1) is 19.9. The lowest BCUT2D eigenvalue weighted by Crippen LogP contribution is -2.40. The predicted molar refractivity (Wildman–Crippen MR) is 160 cm³/mol. The van der Waals surface area contributed by atoms with Crippen LogP contribution in [0.25, 0.3) is 16.8 Å². The van der Waals surface area contributed by atoms with Gasteiger partial charge in [-0.25, -0.2) is 9.79 Å². The van der Waals surface area contributed by atoms with E-state index < -0.39 is 12.0 Å². The van der Waals surface area contributed by atoms with Crippen LogP contribution in [0.3, 0.4) is 0 Å². The van der Waals surface area contributed by atoms with Crippen LogP contribution in [0.1, 0.15) is 43.9 Å². The van der Waals surface area contributed by atoms with Crippen LogP contribution in [-0.4, -0.2) is 38.5 Å². The third-order valence-electron chi connectivity index (χ3n) is 7.04. The van der Waals surface area contributed by atoms with Crippen molar-refractivity contribution in [2.45, 2.75) is 32.7 Å². The van der Waals surface area contributed by atoms with E-state index in [9.17, 15) is 9.59 Å². The highest BCUT2D eigenvalue weighted by molar-refractivity contribution is 7.07. The molecule has 4 aromatic rings. The predicted octanol–water partition coefficient (Wildman–Crippen LogP) is 4.76. The molecule has 0 aliphatic carbocycles. The Kier molecular flexibility index (Phi) is 8.26. The molecule has 2 heterocycles. The molecule has 8 nitrogen and oxygen atoms in total. The van der Waals surface area contributed by atoms with E-state index in [1.54, 1.807) is 51.0 Å². The highest BCUT2D eigenvalue weighted by Crippen LogP contribution is 2.41. The molecule has 41 heavy (non-hydrogen) atoms. The van der Waals surface area contributed by atoms with Gasteiger partial charge in [-0.05, 0) is 54.5 Å². The molecule has 5 rings (SSSR count). The Morgan fingerprint density at radius 1 is 1.00 bits per heavy atom. The summed E-state index contributed by atoms with van der Waals surface area (Å²) in [6.45, 7) is 3.99. The van der Waals surface area contributed by atoms with Crippen molar-refractivity contribution in [1.29, 1.82) is 0 Å². The minimum Gasteiger partial charge on any atom is -0.497 e. The monoisotopic (exact) mass is 572 g/mol. The normalized spacial score (nSPS) is 15.0. The fourth-order valence-corrected chi connectivity index (χ4v) is 6.23. The first-order valence-corrected chi connectivity index (χ1v) is 14.3. The van der Waals surface area contributed by atoms with Crippen LogP contribution in [0.5, 0.6) is 17.2 Å². The number of ether oxygens (including phenoxy) is 4. The van der Waals surface area contributed by atoms with Gasteiger partial charge >= 0.3 is 5.97 Å². The number of hydrogen-bond acceptors (Lipinski definition) is 8. The van der Waals surface area contributed by atoms with E-state index in [0.717, 1.165) is 17.2 Å². The van der Waals surface area contributed by atoms with Gasteiger partial charge in [-0.2, -0.15) is 0 Å². The molecule has 0 N–H and O–H groups in total. The largest absolute Gasteiger partial charge is 0.497 e. The first kappa shape index (κ1) is 28.2. The average Bonchev–Trinajstić information content (AvgIpc) is 3.30. The minimum absolute atomic E-state index is 0.196. The molecule has 1 aliphatic rings. The van der Waals surface area contributed by atoms with Crippen LogP contribution < -0.4 is 29.1 Å². The van der Waals surface area contributed by atoms with Crippen molar-refractivity contribution in [2.75, 3.05) is 27.9 Å². The lowest BCUT2D eigenvalue weighted by atomic mass is 9.90. The van der Waals surface area contributed by atoms with Crippen molar-refractivity contribution < 1.29 is 23.7 Å². The molecule has 3 aromatic carbocycles. The summed E-state index contributed by atoms with van der Waals surface area (Å²) in [6.07, 6.45) is 3.08. The summed E-state index contributed by atoms with van der Waals surface area (Å²) in [7, 11) is 4.76. The second kappa shape index (κ2) is 12.0. The number of thiazole rings is 1. The number of fused-ring (bicyclic) bond motifs is 2. The summed E-state index contributed by atoms with van der Waals surface area (Å²) in [5, 5.41) is 1.84. The van der Waals surface area contributed by atoms with E-state index in [4.69, 9.17) is 23.9 Å². The van der Waals surface area contributed by atoms with Gasteiger partial charge in [-0.15, -0.1) is 0 Å². The van der Waals surface area contributed by atoms with Crippen molar-refractivity contribution in [3.05, 3.63) is 96.7 Å². The molecule has 0 saturated heterocycles. The van der Waals surface area contributed by atoms with E-state index >= 15 is 0 Å². The van der Waals surface area contributed by atoms with Crippen LogP contribution in [0.15, 0.2) is 75.7 Å². The van der Waals surface area contributed by atoms with Gasteiger partial charge in [-0.1, -0.05) is 55.0 Å². The summed E-state index contributed by atoms with van der Waals surface area (Å²) in [5.41, 5.74) is 2.08. The third kappa shape index (κ3) is 5.13. The zero-order valence-corrected chi connectivity index (χ0v) is 24.5. The van der Waals surface area contributed by atoms with Crippen LogP contribution in [0, 0.1) is 0 Å². The number of aromatic nitrogens is 1. The fraction of sp³-hybridized carbons (Fsp3) is 0.281. The zero-order chi connectivity index (χ0) is 29.1. The smallest absolute Gasteiger partial charge is 0.338 e. The molecule has 0 saturated carbocycles. The van der Waals surface area contributed by atoms with Gasteiger partial charge in [-0.3, -0.25) is 9.36 Å². The summed E-state index contributed by atoms with van der Waals surface area (Å²) < 4.78 is 24.4. The third-order valence-corrected chi connectivity index (χ3v) is 8.02. The van der Waals surface area contributed by atoms with Crippen molar-refractivity contribution in [1.82, 2.24) is 4.57 Å². The summed E-state index contributed by atoms with van der Waals surface area (Å²) in [4.78, 5) is 33.3. The highest BCUT2D eigenvalue weighted by atomic mass is 32.1. The number of carbonyl (C=O) groups is 1. The Bertz CT molecular complexity index is 1840. The van der Waals surface area contributed by atoms with Crippen LogP contribution in [0.2, 0.25) is 0 Å². The van der Waals surface area contributed by atoms with Crippen LogP contribution in [-0.2, 0) is 9.53 Å². The zero-order valence-electron chi connectivity index (χ0n) is 23.7. The number of nitrogens with zero attached hydrogens (tertiary/aromatic N) is 2. The van der Waals surface area contributed by atoms with Gasteiger partial charge in [0, 0.05) is 11.1 Å². The maximum absolute atomic E-state index is 14.3. The molecular formula is C32H32N2O6S. The highest BCUT2D eigenvalue weighted by Gasteiger charge is 2.37. The second-order valence-electron chi connectivity index (χ2n) is 9.42. The number of allylic oxidation sites excluding steroid dienone is 1. The molecule has 0 unspecified atom stereocenters. The van der Waals surface area contributed by atoms with Gasteiger partial charge in [0.05, 0.1) is 43.7 Å². The Balaban J connectivity index is 1.88. The van der Waals surface area contributed by atoms with E-state index in [1.807, 2.05) is 49.4 Å². The molecular weight excluding hydrogens is 540 g/mol. The molecule has 0 fully saturated rings. The Morgan fingerprint density at radius 2 is 1.76 bits per heavy atom. The van der Waals surface area contributed by atoms with Gasteiger partial charge in [0.2, 0.25) is 0 Å². The van der Waals surface area contributed by atoms with E-state index in [2.05, 4.69) is 0 Å². The minimum atomic E-state index is -0.803. The molecule has 0 bridgehead atoms. The molecule has 9 heteroatoms. The van der Waals surface area contributed by atoms with Crippen molar-refractivity contribution in [3.63, 3.8) is 0 Å². The number of esters is 1. The van der Waals surface area contributed by atoms with Gasteiger partial charge in [0.25, 0.3) is 5.56 Å².